The van der Waals surface area contributed by atoms with Crippen molar-refractivity contribution in [1.82, 2.24) is 0 Å². The van der Waals surface area contributed by atoms with Gasteiger partial charge in [0.15, 0.2) is 0 Å². The van der Waals surface area contributed by atoms with Crippen LogP contribution in [0.5, 0.6) is 0 Å². The Hall–Kier alpha value is -4.18. The third-order valence-corrected chi connectivity index (χ3v) is 5.34. The van der Waals surface area contributed by atoms with Crippen LogP contribution >= 0.6 is 11.6 Å². The van der Waals surface area contributed by atoms with Crippen molar-refractivity contribution in [2.24, 2.45) is 0 Å². The Morgan fingerprint density at radius 3 is 2.20 bits per heavy atom. The van der Waals surface area contributed by atoms with E-state index in [2.05, 4.69) is 10.6 Å². The third kappa shape index (κ3) is 4.87. The van der Waals surface area contributed by atoms with E-state index in [1.807, 2.05) is 0 Å². The fraction of sp³-hybridized carbons (Fsp3) is 0.0417. The van der Waals surface area contributed by atoms with Crippen LogP contribution in [0.25, 0.3) is 0 Å². The Labute approximate surface area is 200 Å². The minimum atomic E-state index is -4.55. The van der Waals surface area contributed by atoms with Crippen molar-refractivity contribution in [3.8, 4) is 0 Å². The Balaban J connectivity index is 1.48. The van der Waals surface area contributed by atoms with Crippen molar-refractivity contribution in [1.29, 1.82) is 0 Å². The normalized spacial score (nSPS) is 13.9. The minimum absolute atomic E-state index is 0.0349. The second-order valence-corrected chi connectivity index (χ2v) is 7.70. The van der Waals surface area contributed by atoms with Gasteiger partial charge >= 0.3 is 6.18 Å². The first kappa shape index (κ1) is 24.0. The highest BCUT2D eigenvalue weighted by molar-refractivity contribution is 6.53. The Morgan fingerprint density at radius 2 is 1.54 bits per heavy atom. The van der Waals surface area contributed by atoms with Gasteiger partial charge in [-0.15, -0.1) is 0 Å². The molecule has 0 spiro atoms. The molecule has 0 aromatic heterocycles. The van der Waals surface area contributed by atoms with E-state index in [0.29, 0.717) is 4.90 Å². The van der Waals surface area contributed by atoms with Gasteiger partial charge in [-0.1, -0.05) is 29.8 Å². The predicted octanol–water partition coefficient (Wildman–Crippen LogP) is 5.53. The largest absolute Gasteiger partial charge is 0.416 e. The lowest BCUT2D eigenvalue weighted by molar-refractivity contribution is -0.137. The summed E-state index contributed by atoms with van der Waals surface area (Å²) in [6.45, 7) is 0. The third-order valence-electron chi connectivity index (χ3n) is 4.98. The number of imide groups is 1. The van der Waals surface area contributed by atoms with Crippen LogP contribution in [0.2, 0.25) is 0 Å². The number of amides is 3. The number of para-hydroxylation sites is 1. The predicted molar refractivity (Wildman–Crippen MR) is 121 cm³/mol. The lowest BCUT2D eigenvalue weighted by atomic mass is 10.1. The molecule has 0 bridgehead atoms. The quantitative estimate of drug-likeness (QED) is 0.354. The van der Waals surface area contributed by atoms with Gasteiger partial charge in [0, 0.05) is 16.9 Å². The Bertz CT molecular complexity index is 1370. The summed E-state index contributed by atoms with van der Waals surface area (Å²) in [4.78, 5) is 38.2. The molecule has 178 valence electrons. The van der Waals surface area contributed by atoms with E-state index in [9.17, 15) is 31.9 Å². The molecule has 0 fully saturated rings. The fourth-order valence-corrected chi connectivity index (χ4v) is 3.50. The number of anilines is 3. The highest BCUT2D eigenvalue weighted by Crippen LogP contribution is 2.32. The number of nitrogens with zero attached hydrogens (tertiary/aromatic N) is 1. The lowest BCUT2D eigenvalue weighted by Crippen LogP contribution is -2.33. The van der Waals surface area contributed by atoms with E-state index >= 15 is 0 Å². The van der Waals surface area contributed by atoms with Crippen molar-refractivity contribution in [3.63, 3.8) is 0 Å². The van der Waals surface area contributed by atoms with E-state index < -0.39 is 40.3 Å². The number of benzene rings is 3. The Kier molecular flexibility index (Phi) is 6.31. The summed E-state index contributed by atoms with van der Waals surface area (Å²) in [5.74, 6) is -3.21. The summed E-state index contributed by atoms with van der Waals surface area (Å²) in [5, 5.41) is 4.63. The number of hydrogen-bond acceptors (Lipinski definition) is 4. The molecule has 0 atom stereocenters. The van der Waals surface area contributed by atoms with Gasteiger partial charge in [0.2, 0.25) is 0 Å². The van der Waals surface area contributed by atoms with E-state index in [-0.39, 0.29) is 28.3 Å². The number of nitrogens with one attached hydrogen (secondary N) is 2. The van der Waals surface area contributed by atoms with Crippen LogP contribution in [0.15, 0.2) is 83.5 Å². The number of rotatable bonds is 5. The van der Waals surface area contributed by atoms with Crippen LogP contribution in [-0.2, 0) is 15.8 Å². The fourth-order valence-electron chi connectivity index (χ4n) is 3.29. The molecule has 11 heteroatoms. The number of halogens is 5. The maximum atomic E-state index is 14.1. The van der Waals surface area contributed by atoms with Gasteiger partial charge in [-0.3, -0.25) is 14.4 Å². The molecule has 4 rings (SSSR count). The molecule has 35 heavy (non-hydrogen) atoms. The number of alkyl halides is 3. The minimum Gasteiger partial charge on any atom is -0.350 e. The molecule has 0 aliphatic carbocycles. The molecule has 1 aliphatic heterocycles. The van der Waals surface area contributed by atoms with Gasteiger partial charge in [-0.2, -0.15) is 13.2 Å². The zero-order chi connectivity index (χ0) is 25.3. The highest BCUT2D eigenvalue weighted by Gasteiger charge is 2.40. The van der Waals surface area contributed by atoms with Crippen LogP contribution in [0.3, 0.4) is 0 Å². The molecule has 0 saturated carbocycles. The first-order valence-electron chi connectivity index (χ1n) is 9.95. The van der Waals surface area contributed by atoms with Crippen molar-refractivity contribution in [2.75, 3.05) is 15.5 Å². The van der Waals surface area contributed by atoms with Gasteiger partial charge in [-0.25, -0.2) is 9.29 Å². The molecule has 3 aromatic rings. The monoisotopic (exact) mass is 503 g/mol. The molecule has 0 saturated heterocycles. The van der Waals surface area contributed by atoms with E-state index in [0.717, 1.165) is 18.2 Å². The lowest BCUT2D eigenvalue weighted by Gasteiger charge is -2.15. The number of hydrogen-bond donors (Lipinski definition) is 2. The molecule has 6 nitrogen and oxygen atoms in total. The van der Waals surface area contributed by atoms with Gasteiger partial charge in [0.25, 0.3) is 17.7 Å². The van der Waals surface area contributed by atoms with Crippen LogP contribution in [0.4, 0.5) is 34.6 Å². The summed E-state index contributed by atoms with van der Waals surface area (Å²) < 4.78 is 52.7. The van der Waals surface area contributed by atoms with Crippen molar-refractivity contribution in [2.45, 2.75) is 6.18 Å². The molecule has 0 unspecified atom stereocenters. The molecular weight excluding hydrogens is 490 g/mol. The van der Waals surface area contributed by atoms with E-state index in [4.69, 9.17) is 11.6 Å². The van der Waals surface area contributed by atoms with Crippen molar-refractivity contribution in [3.05, 3.63) is 100 Å². The summed E-state index contributed by atoms with van der Waals surface area (Å²) in [6, 6.07) is 14.9. The maximum absolute atomic E-state index is 14.1. The molecule has 1 aliphatic rings. The maximum Gasteiger partial charge on any atom is 0.416 e. The summed E-state index contributed by atoms with van der Waals surface area (Å²) in [5.41, 5.74) is -1.06. The van der Waals surface area contributed by atoms with Crippen molar-refractivity contribution >= 4 is 46.4 Å². The second kappa shape index (κ2) is 9.22. The summed E-state index contributed by atoms with van der Waals surface area (Å²) in [7, 11) is 0. The smallest absolute Gasteiger partial charge is 0.350 e. The molecule has 3 amide bonds. The van der Waals surface area contributed by atoms with Gasteiger partial charge in [0.1, 0.15) is 16.5 Å². The van der Waals surface area contributed by atoms with Gasteiger partial charge < -0.3 is 10.6 Å². The second-order valence-electron chi connectivity index (χ2n) is 7.32. The first-order chi connectivity index (χ1) is 16.6. The van der Waals surface area contributed by atoms with E-state index in [1.165, 1.54) is 54.6 Å². The zero-order valence-corrected chi connectivity index (χ0v) is 18.2. The van der Waals surface area contributed by atoms with Crippen LogP contribution in [0.1, 0.15) is 15.9 Å². The average Bonchev–Trinajstić information content (AvgIpc) is 3.02. The van der Waals surface area contributed by atoms with Crippen molar-refractivity contribution < 1.29 is 31.9 Å². The van der Waals surface area contributed by atoms with Crippen LogP contribution in [0, 0.1) is 5.82 Å². The standard InChI is InChI=1S/C24H14ClF4N3O3/c25-19-20(23(35)32(22(19)34)18-7-2-1-6-17(18)26)30-15-10-8-13(9-11-15)21(33)31-16-5-3-4-14(12-16)24(27,28)29/h1-12,30H,(H,31,33). The molecule has 0 radical (unpaired) electrons. The van der Waals surface area contributed by atoms with Crippen LogP contribution < -0.4 is 15.5 Å². The zero-order valence-electron chi connectivity index (χ0n) is 17.5. The average molecular weight is 504 g/mol. The molecule has 1 heterocycles. The first-order valence-corrected chi connectivity index (χ1v) is 10.3. The Morgan fingerprint density at radius 1 is 0.857 bits per heavy atom. The topological polar surface area (TPSA) is 78.5 Å². The summed E-state index contributed by atoms with van der Waals surface area (Å²) in [6.07, 6.45) is -4.55. The number of carbonyl (C=O) groups is 3. The summed E-state index contributed by atoms with van der Waals surface area (Å²) >= 11 is 6.03. The van der Waals surface area contributed by atoms with Gasteiger partial charge in [-0.05, 0) is 54.6 Å². The molecular formula is C24H14ClF4N3O3. The van der Waals surface area contributed by atoms with Crippen LogP contribution in [-0.4, -0.2) is 17.7 Å². The SMILES string of the molecule is O=C(Nc1cccc(C(F)(F)F)c1)c1ccc(NC2=C(Cl)C(=O)N(c3ccccc3F)C2=O)cc1. The van der Waals surface area contributed by atoms with Gasteiger partial charge in [0.05, 0.1) is 11.3 Å². The number of carbonyl (C=O) groups excluding carboxylic acids is 3. The highest BCUT2D eigenvalue weighted by atomic mass is 35.5. The molecule has 2 N–H and O–H groups in total. The van der Waals surface area contributed by atoms with E-state index in [1.54, 1.807) is 0 Å². The molecule has 3 aromatic carbocycles.